The van der Waals surface area contributed by atoms with E-state index in [4.69, 9.17) is 26.2 Å². The van der Waals surface area contributed by atoms with Crippen molar-refractivity contribution in [2.75, 3.05) is 32.7 Å². The molecule has 0 bridgehead atoms. The largest absolute Gasteiger partial charge is 0.490 e. The molecular weight excluding hydrogens is 561 g/mol. The molecule has 1 aromatic carbocycles. The van der Waals surface area contributed by atoms with Crippen molar-refractivity contribution in [3.63, 3.8) is 0 Å². The number of alkyl halides is 3. The number of ether oxygens (including phenoxy) is 1. The second-order valence-electron chi connectivity index (χ2n) is 8.81. The Morgan fingerprint density at radius 2 is 1.74 bits per heavy atom. The van der Waals surface area contributed by atoms with Crippen molar-refractivity contribution in [3.05, 3.63) is 52.6 Å². The number of benzene rings is 1. The molecule has 0 unspecified atom stereocenters. The number of nitrogens with one attached hydrogen (secondary N) is 1. The van der Waals surface area contributed by atoms with Gasteiger partial charge >= 0.3 is 12.1 Å². The highest BCUT2D eigenvalue weighted by atomic mass is 35.5. The van der Waals surface area contributed by atoms with Crippen LogP contribution in [0.1, 0.15) is 23.5 Å². The minimum atomic E-state index is -5.08. The van der Waals surface area contributed by atoms with Crippen molar-refractivity contribution in [1.29, 1.82) is 0 Å². The number of pyridine rings is 1. The van der Waals surface area contributed by atoms with Gasteiger partial charge < -0.3 is 20.1 Å². The van der Waals surface area contributed by atoms with Crippen LogP contribution in [0.2, 0.25) is 5.02 Å². The van der Waals surface area contributed by atoms with Crippen molar-refractivity contribution < 1.29 is 37.4 Å². The van der Waals surface area contributed by atoms with Gasteiger partial charge in [-0.2, -0.15) is 13.2 Å². The summed E-state index contributed by atoms with van der Waals surface area (Å²) in [7, 11) is 0. The summed E-state index contributed by atoms with van der Waals surface area (Å²) in [6, 6.07) is 9.11. The zero-order chi connectivity index (χ0) is 28.7. The van der Waals surface area contributed by atoms with Crippen LogP contribution in [0.3, 0.4) is 0 Å². The number of aromatic nitrogens is 1. The summed E-state index contributed by atoms with van der Waals surface area (Å²) in [4.78, 5) is 42.8. The van der Waals surface area contributed by atoms with Crippen LogP contribution in [0, 0.1) is 0 Å². The lowest BCUT2D eigenvalue weighted by molar-refractivity contribution is -0.192. The maximum atomic E-state index is 13.1. The predicted molar refractivity (Wildman–Crippen MR) is 140 cm³/mol. The Labute approximate surface area is 231 Å². The van der Waals surface area contributed by atoms with Gasteiger partial charge in [0.25, 0.3) is 5.91 Å². The number of carbonyl (C=O) groups is 3. The molecule has 2 aromatic heterocycles. The average molecular weight is 587 g/mol. The lowest BCUT2D eigenvalue weighted by Gasteiger charge is -2.34. The van der Waals surface area contributed by atoms with Gasteiger partial charge in [-0.15, -0.1) is 11.3 Å². The second-order valence-corrected chi connectivity index (χ2v) is 10.3. The van der Waals surface area contributed by atoms with Crippen molar-refractivity contribution in [3.8, 4) is 11.5 Å². The molecule has 0 spiro atoms. The number of rotatable bonds is 6. The Bertz CT molecular complexity index is 1310. The van der Waals surface area contributed by atoms with Crippen LogP contribution < -0.4 is 10.1 Å². The molecule has 14 heteroatoms. The number of hydrogen-bond donors (Lipinski definition) is 2. The number of carboxylic acid groups (broad SMARTS) is 1. The van der Waals surface area contributed by atoms with E-state index in [1.165, 1.54) is 11.3 Å². The van der Waals surface area contributed by atoms with E-state index in [2.05, 4.69) is 15.2 Å². The highest BCUT2D eigenvalue weighted by molar-refractivity contribution is 7.20. The van der Waals surface area contributed by atoms with Gasteiger partial charge in [0.05, 0.1) is 22.3 Å². The van der Waals surface area contributed by atoms with Gasteiger partial charge in [-0.3, -0.25) is 19.5 Å². The standard InChI is InChI=1S/C23H25ClN4O3S.C2HF3O2/c1-15(2)26-22(29)14-27-7-9-28(10-8-27)23(30)20-11-18-19(12-25-13-21(18)32-20)31-17-5-3-16(24)4-6-17;3-2(4,5)1(6)7/h3-6,11-13,15H,7-10,14H2,1-2H3,(H,26,29);(H,6,7). The van der Waals surface area contributed by atoms with Crippen molar-refractivity contribution in [1.82, 2.24) is 20.1 Å². The fourth-order valence-corrected chi connectivity index (χ4v) is 4.73. The van der Waals surface area contributed by atoms with Gasteiger partial charge in [-0.1, -0.05) is 11.6 Å². The summed E-state index contributed by atoms with van der Waals surface area (Å²) >= 11 is 7.36. The molecule has 3 aromatic rings. The first-order valence-electron chi connectivity index (χ1n) is 11.8. The Morgan fingerprint density at radius 3 is 2.31 bits per heavy atom. The lowest BCUT2D eigenvalue weighted by Crippen LogP contribution is -2.51. The third kappa shape index (κ3) is 8.80. The number of nitrogens with zero attached hydrogens (tertiary/aromatic N) is 3. The molecule has 1 aliphatic heterocycles. The number of aliphatic carboxylic acids is 1. The molecule has 39 heavy (non-hydrogen) atoms. The van der Waals surface area contributed by atoms with Crippen LogP contribution in [-0.4, -0.2) is 82.6 Å². The third-order valence-electron chi connectivity index (χ3n) is 5.38. The number of piperazine rings is 1. The number of amides is 2. The van der Waals surface area contributed by atoms with E-state index in [0.717, 1.165) is 10.1 Å². The minimum Gasteiger partial charge on any atom is -0.475 e. The molecule has 1 fully saturated rings. The molecule has 0 radical (unpaired) electrons. The number of thiophene rings is 1. The van der Waals surface area contributed by atoms with Gasteiger partial charge in [0.15, 0.2) is 5.75 Å². The van der Waals surface area contributed by atoms with E-state index < -0.39 is 12.1 Å². The monoisotopic (exact) mass is 586 g/mol. The summed E-state index contributed by atoms with van der Waals surface area (Å²) in [6.45, 7) is 6.79. The van der Waals surface area contributed by atoms with Crippen LogP contribution in [-0.2, 0) is 9.59 Å². The van der Waals surface area contributed by atoms with Crippen molar-refractivity contribution >= 4 is 50.8 Å². The van der Waals surface area contributed by atoms with Crippen LogP contribution in [0.5, 0.6) is 11.5 Å². The Kier molecular flexibility index (Phi) is 10.1. The minimum absolute atomic E-state index is 0.00470. The van der Waals surface area contributed by atoms with E-state index in [-0.39, 0.29) is 17.9 Å². The zero-order valence-electron chi connectivity index (χ0n) is 21.0. The normalized spacial score (nSPS) is 14.1. The van der Waals surface area contributed by atoms with E-state index in [9.17, 15) is 22.8 Å². The number of carbonyl (C=O) groups excluding carboxylic acids is 2. The third-order valence-corrected chi connectivity index (χ3v) is 6.69. The van der Waals surface area contributed by atoms with Crippen LogP contribution in [0.15, 0.2) is 42.7 Å². The molecule has 1 saturated heterocycles. The zero-order valence-corrected chi connectivity index (χ0v) is 22.6. The fourth-order valence-electron chi connectivity index (χ4n) is 3.59. The van der Waals surface area contributed by atoms with Crippen molar-refractivity contribution in [2.45, 2.75) is 26.1 Å². The molecule has 210 valence electrons. The summed E-state index contributed by atoms with van der Waals surface area (Å²) in [5.74, 6) is -1.49. The predicted octanol–water partition coefficient (Wildman–Crippen LogP) is 4.66. The lowest BCUT2D eigenvalue weighted by atomic mass is 10.2. The van der Waals surface area contributed by atoms with Gasteiger partial charge in [0, 0.05) is 48.8 Å². The molecule has 9 nitrogen and oxygen atoms in total. The molecule has 3 heterocycles. The highest BCUT2D eigenvalue weighted by Crippen LogP contribution is 2.35. The first-order valence-corrected chi connectivity index (χ1v) is 12.9. The number of hydrogen-bond acceptors (Lipinski definition) is 7. The first kappa shape index (κ1) is 30.1. The summed E-state index contributed by atoms with van der Waals surface area (Å²) in [5, 5.41) is 11.5. The number of fused-ring (bicyclic) bond motifs is 1. The van der Waals surface area contributed by atoms with Gasteiger partial charge in [-0.25, -0.2) is 4.79 Å². The van der Waals surface area contributed by atoms with Crippen LogP contribution >= 0.6 is 22.9 Å². The van der Waals surface area contributed by atoms with E-state index in [1.807, 2.05) is 24.8 Å². The maximum absolute atomic E-state index is 13.1. The van der Waals surface area contributed by atoms with Crippen LogP contribution in [0.25, 0.3) is 10.1 Å². The van der Waals surface area contributed by atoms with Gasteiger partial charge in [0.1, 0.15) is 5.75 Å². The Balaban J connectivity index is 0.000000532. The first-order chi connectivity index (χ1) is 18.3. The molecule has 0 saturated carbocycles. The van der Waals surface area contributed by atoms with E-state index in [1.54, 1.807) is 36.7 Å². The summed E-state index contributed by atoms with van der Waals surface area (Å²) < 4.78 is 38.6. The molecular formula is C25H26ClF3N4O5S. The Morgan fingerprint density at radius 1 is 1.13 bits per heavy atom. The average Bonchev–Trinajstić information content (AvgIpc) is 3.30. The Hall–Kier alpha value is -3.42. The smallest absolute Gasteiger partial charge is 0.475 e. The fraction of sp³-hybridized carbons (Fsp3) is 0.360. The summed E-state index contributed by atoms with van der Waals surface area (Å²) in [5.41, 5.74) is 0. The summed E-state index contributed by atoms with van der Waals surface area (Å²) in [6.07, 6.45) is -1.68. The number of halogens is 4. The molecule has 2 N–H and O–H groups in total. The molecule has 4 rings (SSSR count). The van der Waals surface area contributed by atoms with Gasteiger partial charge in [-0.05, 0) is 44.2 Å². The molecule has 2 amide bonds. The van der Waals surface area contributed by atoms with Crippen molar-refractivity contribution in [2.24, 2.45) is 0 Å². The quantitative estimate of drug-likeness (QED) is 0.432. The van der Waals surface area contributed by atoms with Gasteiger partial charge in [0.2, 0.25) is 5.91 Å². The number of carboxylic acids is 1. The second kappa shape index (κ2) is 13.1. The molecule has 1 aliphatic rings. The molecule has 0 atom stereocenters. The topological polar surface area (TPSA) is 112 Å². The maximum Gasteiger partial charge on any atom is 0.490 e. The van der Waals surface area contributed by atoms with E-state index >= 15 is 0 Å². The van der Waals surface area contributed by atoms with Crippen LogP contribution in [0.4, 0.5) is 13.2 Å². The van der Waals surface area contributed by atoms with E-state index in [0.29, 0.717) is 54.1 Å². The SMILES string of the molecule is CC(C)NC(=O)CN1CCN(C(=O)c2cc3c(Oc4ccc(Cl)cc4)cncc3s2)CC1.O=C(O)C(F)(F)F. The highest BCUT2D eigenvalue weighted by Gasteiger charge is 2.38. The molecule has 0 aliphatic carbocycles.